The molecule has 260 valence electrons. The third-order valence-electron chi connectivity index (χ3n) is 8.72. The molecule has 0 spiro atoms. The molecular weight excluding hydrogens is 677 g/mol. The molecule has 11 heteroatoms. The van der Waals surface area contributed by atoms with Gasteiger partial charge < -0.3 is 14.6 Å². The van der Waals surface area contributed by atoms with Crippen molar-refractivity contribution in [1.29, 1.82) is 0 Å². The molecule has 3 heterocycles. The van der Waals surface area contributed by atoms with Crippen molar-refractivity contribution in [2.75, 3.05) is 25.6 Å². The number of aromatic nitrogens is 1. The summed E-state index contributed by atoms with van der Waals surface area (Å²) in [5, 5.41) is 2.91. The second-order valence-corrected chi connectivity index (χ2v) is 15.2. The number of hydrogen-bond acceptors (Lipinski definition) is 7. The highest BCUT2D eigenvalue weighted by atomic mass is 32.2. The Labute approximate surface area is 298 Å². The topological polar surface area (TPSA) is 80.6 Å². The van der Waals surface area contributed by atoms with Gasteiger partial charge in [0.15, 0.2) is 0 Å². The fraction of sp³-hybridized carbons (Fsp3) is 0.308. The molecule has 0 bridgehead atoms. The number of halogens is 2. The van der Waals surface area contributed by atoms with Gasteiger partial charge >= 0.3 is 0 Å². The Hall–Kier alpha value is -4.16. The van der Waals surface area contributed by atoms with Gasteiger partial charge in [-0.25, -0.2) is 8.78 Å². The summed E-state index contributed by atoms with van der Waals surface area (Å²) in [4.78, 5) is 44.1. The monoisotopic (exact) mass is 715 g/mol. The van der Waals surface area contributed by atoms with Crippen LogP contribution in [0, 0.1) is 17.6 Å². The predicted molar refractivity (Wildman–Crippen MR) is 198 cm³/mol. The smallest absolute Gasteiger partial charge is 0.226 e. The summed E-state index contributed by atoms with van der Waals surface area (Å²) >= 11 is 2.48. The number of fused-ring (bicyclic) bond motifs is 1. The summed E-state index contributed by atoms with van der Waals surface area (Å²) in [7, 11) is 1.97. The van der Waals surface area contributed by atoms with Crippen molar-refractivity contribution in [3.8, 4) is 10.4 Å². The van der Waals surface area contributed by atoms with Crippen molar-refractivity contribution < 1.29 is 23.1 Å². The van der Waals surface area contributed by atoms with Gasteiger partial charge in [0.05, 0.1) is 17.5 Å². The SMILES string of the molecule is CC(C)C(=O)Nc1ccc(-c2sc3c(c2CN(C)Cc2ccccc2)c(=O)c(C(=O)SC2CCOCC2)cn3Cc2c(F)cccc2F)cc1. The average Bonchev–Trinajstić information content (AvgIpc) is 3.48. The van der Waals surface area contributed by atoms with E-state index < -0.39 is 17.1 Å². The van der Waals surface area contributed by atoms with Crippen LogP contribution in [0.4, 0.5) is 14.5 Å². The molecule has 1 aliphatic heterocycles. The maximum absolute atomic E-state index is 15.1. The second kappa shape index (κ2) is 15.8. The van der Waals surface area contributed by atoms with Gasteiger partial charge in [-0.1, -0.05) is 74.1 Å². The van der Waals surface area contributed by atoms with Crippen LogP contribution < -0.4 is 10.7 Å². The molecule has 0 atom stereocenters. The normalized spacial score (nSPS) is 13.7. The highest BCUT2D eigenvalue weighted by molar-refractivity contribution is 8.14. The molecule has 0 aliphatic carbocycles. The summed E-state index contributed by atoms with van der Waals surface area (Å²) in [5.74, 6) is -1.70. The summed E-state index contributed by atoms with van der Waals surface area (Å²) < 4.78 is 37.2. The zero-order valence-corrected chi connectivity index (χ0v) is 29.8. The quantitative estimate of drug-likeness (QED) is 0.148. The Balaban J connectivity index is 1.51. The van der Waals surface area contributed by atoms with E-state index in [9.17, 15) is 14.4 Å². The van der Waals surface area contributed by atoms with E-state index in [0.29, 0.717) is 55.0 Å². The van der Waals surface area contributed by atoms with Crippen LogP contribution in [-0.2, 0) is 29.2 Å². The van der Waals surface area contributed by atoms with Crippen LogP contribution in [0.15, 0.2) is 83.8 Å². The molecular formula is C39H39F2N3O4S2. The van der Waals surface area contributed by atoms with Gasteiger partial charge in [0, 0.05) is 59.8 Å². The molecule has 1 saturated heterocycles. The Morgan fingerprint density at radius 2 is 1.64 bits per heavy atom. The van der Waals surface area contributed by atoms with Crippen molar-refractivity contribution in [3.05, 3.63) is 123 Å². The number of pyridine rings is 1. The maximum Gasteiger partial charge on any atom is 0.226 e. The maximum atomic E-state index is 15.1. The summed E-state index contributed by atoms with van der Waals surface area (Å²) in [5.41, 5.74) is 2.69. The number of thioether (sulfide) groups is 1. The van der Waals surface area contributed by atoms with Crippen LogP contribution in [-0.4, -0.2) is 46.0 Å². The summed E-state index contributed by atoms with van der Waals surface area (Å²) in [6.45, 7) is 5.50. The number of nitrogens with one attached hydrogen (secondary N) is 1. The Kier molecular flexibility index (Phi) is 11.3. The van der Waals surface area contributed by atoms with E-state index in [1.807, 2.05) is 75.5 Å². The van der Waals surface area contributed by atoms with E-state index in [1.54, 1.807) is 4.57 Å². The fourth-order valence-corrected chi connectivity index (χ4v) is 8.31. The van der Waals surface area contributed by atoms with E-state index >= 15 is 8.78 Å². The molecule has 1 fully saturated rings. The van der Waals surface area contributed by atoms with Crippen LogP contribution in [0.25, 0.3) is 20.7 Å². The summed E-state index contributed by atoms with van der Waals surface area (Å²) in [6, 6.07) is 21.1. The Morgan fingerprint density at radius 3 is 2.30 bits per heavy atom. The third-order valence-corrected chi connectivity index (χ3v) is 11.3. The predicted octanol–water partition coefficient (Wildman–Crippen LogP) is 8.34. The van der Waals surface area contributed by atoms with E-state index in [4.69, 9.17) is 4.74 Å². The van der Waals surface area contributed by atoms with Crippen molar-refractivity contribution in [1.82, 2.24) is 9.47 Å². The zero-order valence-electron chi connectivity index (χ0n) is 28.2. The molecule has 1 N–H and O–H groups in total. The lowest BCUT2D eigenvalue weighted by molar-refractivity contribution is -0.118. The number of nitrogens with zero attached hydrogens (tertiary/aromatic N) is 2. The number of carbonyl (C=O) groups excluding carboxylic acids is 2. The Morgan fingerprint density at radius 1 is 0.960 bits per heavy atom. The number of carbonyl (C=O) groups is 2. The molecule has 1 aliphatic rings. The van der Waals surface area contributed by atoms with E-state index in [2.05, 4.69) is 10.2 Å². The highest BCUT2D eigenvalue weighted by Crippen LogP contribution is 2.40. The van der Waals surface area contributed by atoms with Crippen molar-refractivity contribution >= 4 is 50.0 Å². The van der Waals surface area contributed by atoms with Gasteiger partial charge in [0.25, 0.3) is 0 Å². The van der Waals surface area contributed by atoms with Crippen LogP contribution >= 0.6 is 23.1 Å². The van der Waals surface area contributed by atoms with Crippen LogP contribution in [0.2, 0.25) is 0 Å². The fourth-order valence-electron chi connectivity index (χ4n) is 6.02. The number of rotatable bonds is 11. The Bertz CT molecular complexity index is 2040. The molecule has 0 unspecified atom stereocenters. The molecule has 2 aromatic heterocycles. The van der Waals surface area contributed by atoms with Crippen molar-refractivity contribution in [3.63, 3.8) is 0 Å². The number of amides is 1. The molecule has 50 heavy (non-hydrogen) atoms. The molecule has 0 saturated carbocycles. The highest BCUT2D eigenvalue weighted by Gasteiger charge is 2.27. The molecule has 3 aromatic carbocycles. The van der Waals surface area contributed by atoms with Gasteiger partial charge in [0.2, 0.25) is 16.5 Å². The first-order chi connectivity index (χ1) is 24.1. The van der Waals surface area contributed by atoms with E-state index in [0.717, 1.165) is 33.3 Å². The van der Waals surface area contributed by atoms with Gasteiger partial charge in [0.1, 0.15) is 16.5 Å². The lowest BCUT2D eigenvalue weighted by Crippen LogP contribution is -2.24. The number of hydrogen-bond donors (Lipinski definition) is 1. The van der Waals surface area contributed by atoms with Gasteiger partial charge in [-0.3, -0.25) is 19.3 Å². The molecule has 1 amide bonds. The number of thiophene rings is 1. The van der Waals surface area contributed by atoms with Crippen molar-refractivity contribution in [2.45, 2.75) is 51.6 Å². The first kappa shape index (κ1) is 35.7. The van der Waals surface area contributed by atoms with Crippen molar-refractivity contribution in [2.24, 2.45) is 5.92 Å². The minimum Gasteiger partial charge on any atom is -0.381 e. The van der Waals surface area contributed by atoms with Crippen LogP contribution in [0.1, 0.15) is 53.7 Å². The minimum absolute atomic E-state index is 0.00743. The zero-order chi connectivity index (χ0) is 35.4. The number of anilines is 1. The van der Waals surface area contributed by atoms with Crippen LogP contribution in [0.3, 0.4) is 0 Å². The first-order valence-corrected chi connectivity index (χ1v) is 18.3. The largest absolute Gasteiger partial charge is 0.381 e. The molecule has 7 nitrogen and oxygen atoms in total. The van der Waals surface area contributed by atoms with Gasteiger partial charge in [-0.15, -0.1) is 11.3 Å². The van der Waals surface area contributed by atoms with E-state index in [1.165, 1.54) is 35.7 Å². The summed E-state index contributed by atoms with van der Waals surface area (Å²) in [6.07, 6.45) is 2.85. The molecule has 5 aromatic rings. The second-order valence-electron chi connectivity index (χ2n) is 12.9. The lowest BCUT2D eigenvalue weighted by Gasteiger charge is -2.21. The molecule has 0 radical (unpaired) electrons. The first-order valence-electron chi connectivity index (χ1n) is 16.6. The van der Waals surface area contributed by atoms with Gasteiger partial charge in [-0.2, -0.15) is 0 Å². The molecule has 6 rings (SSSR count). The minimum atomic E-state index is -0.708. The lowest BCUT2D eigenvalue weighted by atomic mass is 10.0. The van der Waals surface area contributed by atoms with Gasteiger partial charge in [-0.05, 0) is 60.8 Å². The third kappa shape index (κ3) is 8.07. The average molecular weight is 716 g/mol. The standard InChI is InChI=1S/C39H39F2N3O4S2/c1-24(2)37(46)42-27-14-12-26(13-15-27)36-30(21-43(3)20-25-8-5-4-6-9-25)34-35(45)31(39(47)49-28-16-18-48-19-17-28)23-44(38(34)50-36)22-29-32(40)10-7-11-33(29)41/h4-15,23-24,28H,16-22H2,1-3H3,(H,42,46). The number of ether oxygens (including phenoxy) is 1. The number of benzene rings is 3. The van der Waals surface area contributed by atoms with Crippen LogP contribution in [0.5, 0.6) is 0 Å². The van der Waals surface area contributed by atoms with E-state index in [-0.39, 0.29) is 39.9 Å².